The Hall–Kier alpha value is -4.30. The van der Waals surface area contributed by atoms with Gasteiger partial charge in [0.2, 0.25) is 11.8 Å². The molecule has 322 valence electrons. The van der Waals surface area contributed by atoms with Crippen molar-refractivity contribution in [2.45, 2.75) is 150 Å². The predicted octanol–water partition coefficient (Wildman–Crippen LogP) is 7.28. The molecule has 13 nitrogen and oxygen atoms in total. The number of rotatable bonds is 22. The van der Waals surface area contributed by atoms with E-state index in [-0.39, 0.29) is 42.3 Å². The summed E-state index contributed by atoms with van der Waals surface area (Å²) < 4.78 is 5.88. The van der Waals surface area contributed by atoms with Crippen LogP contribution in [-0.4, -0.2) is 87.8 Å². The lowest BCUT2D eigenvalue weighted by atomic mass is 9.84. The number of aromatic nitrogens is 1. The third kappa shape index (κ3) is 14.2. The van der Waals surface area contributed by atoms with Crippen molar-refractivity contribution in [2.24, 2.45) is 11.3 Å². The number of benzene rings is 1. The van der Waals surface area contributed by atoms with Crippen molar-refractivity contribution in [2.75, 3.05) is 25.9 Å². The summed E-state index contributed by atoms with van der Waals surface area (Å²) in [5.74, 6) is -2.49. The average Bonchev–Trinajstić information content (AvgIpc) is 3.67. The largest absolute Gasteiger partial charge is 0.481 e. The van der Waals surface area contributed by atoms with Crippen molar-refractivity contribution in [3.05, 3.63) is 57.2 Å². The van der Waals surface area contributed by atoms with Gasteiger partial charge in [0, 0.05) is 42.7 Å². The lowest BCUT2D eigenvalue weighted by Crippen LogP contribution is -2.56. The number of ether oxygens (including phenoxy) is 1. The topological polar surface area (TPSA) is 184 Å². The van der Waals surface area contributed by atoms with Gasteiger partial charge in [-0.1, -0.05) is 70.6 Å². The zero-order valence-corrected chi connectivity index (χ0v) is 37.0. The van der Waals surface area contributed by atoms with Gasteiger partial charge < -0.3 is 31.1 Å². The van der Waals surface area contributed by atoms with Crippen LogP contribution >= 0.6 is 11.3 Å². The molecule has 5 N–H and O–H groups in total. The van der Waals surface area contributed by atoms with Gasteiger partial charge in [0.15, 0.2) is 6.10 Å². The molecular weight excluding hydrogens is 757 g/mol. The van der Waals surface area contributed by atoms with Crippen molar-refractivity contribution < 1.29 is 33.8 Å². The maximum absolute atomic E-state index is 14.8. The first kappa shape index (κ1) is 48.1. The Bertz CT molecular complexity index is 1720. The van der Waals surface area contributed by atoms with Gasteiger partial charge >= 0.3 is 11.9 Å². The van der Waals surface area contributed by atoms with E-state index in [2.05, 4.69) is 27.4 Å². The smallest absolute Gasteiger partial charge is 0.309 e. The highest BCUT2D eigenvalue weighted by atomic mass is 32.1. The number of likely N-dealkylation sites (tertiary alicyclic amines) is 1. The molecule has 1 fully saturated rings. The Balaban J connectivity index is 1.95. The number of hydrogen-bond acceptors (Lipinski definition) is 10. The number of carbonyl (C=O) groups excluding carboxylic acids is 4. The van der Waals surface area contributed by atoms with Crippen LogP contribution in [0.3, 0.4) is 0 Å². The number of anilines is 1. The second-order valence-corrected chi connectivity index (χ2v) is 17.6. The minimum Gasteiger partial charge on any atom is -0.481 e. The highest BCUT2D eigenvalue weighted by Crippen LogP contribution is 2.33. The van der Waals surface area contributed by atoms with Gasteiger partial charge in [-0.3, -0.25) is 28.9 Å². The molecule has 1 aromatic heterocycles. The molecule has 58 heavy (non-hydrogen) atoms. The quantitative estimate of drug-likeness (QED) is 0.0535. The van der Waals surface area contributed by atoms with E-state index in [0.29, 0.717) is 35.8 Å². The molecule has 0 spiro atoms. The summed E-state index contributed by atoms with van der Waals surface area (Å²) in [7, 11) is 1.95. The number of esters is 1. The number of unbranched alkanes of at least 4 members (excludes halogenated alkanes) is 3. The Morgan fingerprint density at radius 3 is 2.33 bits per heavy atom. The number of likely N-dealkylation sites (N-methyl/N-ethyl adjacent to an activating group) is 1. The Morgan fingerprint density at radius 2 is 1.74 bits per heavy atom. The summed E-state index contributed by atoms with van der Waals surface area (Å²) >= 11 is 1.17. The molecule has 0 saturated carbocycles. The number of aliphatic carboxylic acids is 1. The number of nitrogens with zero attached hydrogens (tertiary/aromatic N) is 3. The minimum absolute atomic E-state index is 0.103. The van der Waals surface area contributed by atoms with Crippen LogP contribution in [-0.2, 0) is 30.3 Å². The predicted molar refractivity (Wildman–Crippen MR) is 229 cm³/mol. The monoisotopic (exact) mass is 824 g/mol. The zero-order valence-electron chi connectivity index (χ0n) is 36.2. The molecular formula is C44H68N6O7S. The summed E-state index contributed by atoms with van der Waals surface area (Å²) in [5, 5.41) is 18.0. The summed E-state index contributed by atoms with van der Waals surface area (Å²) in [4.78, 5) is 75.5. The van der Waals surface area contributed by atoms with Crippen LogP contribution in [0.4, 0.5) is 5.69 Å². The standard InChI is InChI=1S/C44H68N6O7S/c1-10-12-13-15-23-50(42(54)38(29(5)11-2)48-40(53)35-17-14-16-22-49(35)9)36(28(3)4)25-37(57-30(6)51)41-47-34(27-58-41)39(52)46-33(26-44(7,8)43(55)56)24-31-18-20-32(45)21-19-31/h18-21,27,29,33,35,37-38H,10-17,22-26,45H2,1-9H3,(H,46,52)(H,48,53)(H,55,56)/t29-,33-,35+,37+,38-/m0/s1. The van der Waals surface area contributed by atoms with Crippen molar-refractivity contribution in [3.63, 3.8) is 0 Å². The molecule has 0 radical (unpaired) electrons. The highest BCUT2D eigenvalue weighted by molar-refractivity contribution is 7.09. The third-order valence-electron chi connectivity index (χ3n) is 11.1. The number of carboxylic acid groups (broad SMARTS) is 1. The number of piperidine rings is 1. The first-order chi connectivity index (χ1) is 27.4. The fourth-order valence-electron chi connectivity index (χ4n) is 7.34. The van der Waals surface area contributed by atoms with Crippen LogP contribution in [0.25, 0.3) is 0 Å². The van der Waals surface area contributed by atoms with Crippen LogP contribution in [0.15, 0.2) is 40.9 Å². The lowest BCUT2D eigenvalue weighted by molar-refractivity contribution is -0.148. The molecule has 14 heteroatoms. The molecule has 0 aliphatic carbocycles. The number of nitrogen functional groups attached to an aromatic ring is 1. The first-order valence-electron chi connectivity index (χ1n) is 20.9. The van der Waals surface area contributed by atoms with Gasteiger partial charge in [-0.25, -0.2) is 4.98 Å². The summed E-state index contributed by atoms with van der Waals surface area (Å²) in [6.07, 6.45) is 6.87. The van der Waals surface area contributed by atoms with E-state index < -0.39 is 41.4 Å². The van der Waals surface area contributed by atoms with Crippen LogP contribution < -0.4 is 16.4 Å². The normalized spacial score (nSPS) is 16.7. The molecule has 1 aliphatic heterocycles. The lowest BCUT2D eigenvalue weighted by Gasteiger charge is -2.36. The van der Waals surface area contributed by atoms with E-state index in [4.69, 9.17) is 10.5 Å². The average molecular weight is 825 g/mol. The van der Waals surface area contributed by atoms with Crippen molar-refractivity contribution in [3.8, 4) is 0 Å². The summed E-state index contributed by atoms with van der Waals surface area (Å²) in [6, 6.07) is 5.61. The number of amides is 3. The van der Waals surface area contributed by atoms with Gasteiger partial charge in [0.1, 0.15) is 16.7 Å². The van der Waals surface area contributed by atoms with Crippen LogP contribution in [0.1, 0.15) is 147 Å². The summed E-state index contributed by atoms with van der Waals surface area (Å²) in [5.41, 5.74) is 7.86. The fraction of sp³-hybridized carbons (Fsp3) is 0.636. The number of allylic oxidation sites excluding steroid dienone is 1. The molecule has 1 saturated heterocycles. The number of carbonyl (C=O) groups is 5. The molecule has 3 amide bonds. The van der Waals surface area contributed by atoms with E-state index in [1.807, 2.05) is 46.9 Å². The third-order valence-corrected chi connectivity index (χ3v) is 12.0. The van der Waals surface area contributed by atoms with Gasteiger partial charge in [-0.15, -0.1) is 11.3 Å². The van der Waals surface area contributed by atoms with Crippen molar-refractivity contribution in [1.29, 1.82) is 0 Å². The molecule has 2 aromatic rings. The highest BCUT2D eigenvalue weighted by Gasteiger charge is 2.37. The van der Waals surface area contributed by atoms with Gasteiger partial charge in [0.25, 0.3) is 5.91 Å². The Kier molecular flexibility index (Phi) is 18.8. The molecule has 0 bridgehead atoms. The zero-order chi connectivity index (χ0) is 43.2. The van der Waals surface area contributed by atoms with E-state index >= 15 is 0 Å². The maximum atomic E-state index is 14.8. The second-order valence-electron chi connectivity index (χ2n) is 16.7. The number of nitrogens with one attached hydrogen (secondary N) is 2. The van der Waals surface area contributed by atoms with Gasteiger partial charge in [-0.05, 0) is 97.0 Å². The second kappa shape index (κ2) is 22.7. The Labute approximate surface area is 349 Å². The number of thiazole rings is 1. The van der Waals surface area contributed by atoms with Crippen LogP contribution in [0.5, 0.6) is 0 Å². The molecule has 5 atom stereocenters. The summed E-state index contributed by atoms with van der Waals surface area (Å²) in [6.45, 7) is 15.8. The molecule has 2 heterocycles. The van der Waals surface area contributed by atoms with E-state index in [9.17, 15) is 29.1 Å². The number of carboxylic acids is 1. The maximum Gasteiger partial charge on any atom is 0.309 e. The Morgan fingerprint density at radius 1 is 1.05 bits per heavy atom. The fourth-order valence-corrected chi connectivity index (χ4v) is 8.16. The van der Waals surface area contributed by atoms with Gasteiger partial charge in [0.05, 0.1) is 11.5 Å². The minimum atomic E-state index is -1.12. The van der Waals surface area contributed by atoms with Crippen LogP contribution in [0.2, 0.25) is 0 Å². The van der Waals surface area contributed by atoms with E-state index in [1.165, 1.54) is 18.3 Å². The van der Waals surface area contributed by atoms with E-state index in [0.717, 1.165) is 62.6 Å². The van der Waals surface area contributed by atoms with Gasteiger partial charge in [-0.2, -0.15) is 0 Å². The first-order valence-corrected chi connectivity index (χ1v) is 21.8. The van der Waals surface area contributed by atoms with Crippen LogP contribution in [0, 0.1) is 11.3 Å². The molecule has 0 unspecified atom stereocenters. The number of nitrogens with two attached hydrogens (primary N) is 1. The molecule has 1 aromatic carbocycles. The SMILES string of the molecule is CCCCCCN(C(=O)[C@@H](NC(=O)[C@H]1CCCCN1C)[C@@H](C)CC)C(C[C@@H](OC(C)=O)c1nc(C(=O)N[C@@H](Cc2ccc(N)cc2)CC(C)(C)C(=O)O)cs1)=C(C)C. The van der Waals surface area contributed by atoms with E-state index in [1.54, 1.807) is 36.3 Å². The van der Waals surface area contributed by atoms with Crippen molar-refractivity contribution in [1.82, 2.24) is 25.4 Å². The molecule has 1 aliphatic rings. The molecule has 3 rings (SSSR count). The number of hydrogen-bond donors (Lipinski definition) is 4. The van der Waals surface area contributed by atoms with Crippen molar-refractivity contribution >= 4 is 46.7 Å².